The molecule has 1 aliphatic carbocycles. The van der Waals surface area contributed by atoms with Gasteiger partial charge < -0.3 is 10.1 Å². The fourth-order valence-corrected chi connectivity index (χ4v) is 4.35. The van der Waals surface area contributed by atoms with Crippen LogP contribution in [0.25, 0.3) is 0 Å². The van der Waals surface area contributed by atoms with Crippen LogP contribution in [0.1, 0.15) is 57.9 Å². The number of amides is 1. The minimum absolute atomic E-state index is 0.105. The molecule has 0 spiro atoms. The van der Waals surface area contributed by atoms with Crippen LogP contribution in [0.15, 0.2) is 18.3 Å². The summed E-state index contributed by atoms with van der Waals surface area (Å²) in [4.78, 5) is 19.5. The highest BCUT2D eigenvalue weighted by Gasteiger charge is 2.29. The third kappa shape index (κ3) is 5.19. The van der Waals surface area contributed by atoms with Crippen LogP contribution < -0.4 is 10.1 Å². The van der Waals surface area contributed by atoms with E-state index in [0.717, 1.165) is 62.7 Å². The summed E-state index contributed by atoms with van der Waals surface area (Å²) in [6, 6.07) is 4.41. The molecule has 0 bridgehead atoms. The fourth-order valence-electron chi connectivity index (χ4n) is 4.35. The Bertz CT molecular complexity index is 592. The molecule has 1 amide bonds. The van der Waals surface area contributed by atoms with Gasteiger partial charge in [-0.15, -0.1) is 0 Å². The molecule has 2 heterocycles. The zero-order valence-electron chi connectivity index (χ0n) is 16.2. The van der Waals surface area contributed by atoms with Gasteiger partial charge in [-0.05, 0) is 51.1 Å². The van der Waals surface area contributed by atoms with Crippen LogP contribution in [0.3, 0.4) is 0 Å². The highest BCUT2D eigenvalue weighted by atomic mass is 16.5. The normalized spacial score (nSPS) is 27.1. The number of ether oxygens (including phenoxy) is 1. The van der Waals surface area contributed by atoms with Gasteiger partial charge in [0.1, 0.15) is 0 Å². The maximum Gasteiger partial charge on any atom is 0.224 e. The molecule has 5 heteroatoms. The number of hydrogen-bond acceptors (Lipinski definition) is 4. The van der Waals surface area contributed by atoms with Gasteiger partial charge in [-0.2, -0.15) is 0 Å². The highest BCUT2D eigenvalue weighted by Crippen LogP contribution is 2.25. The number of aromatic nitrogens is 1. The van der Waals surface area contributed by atoms with Gasteiger partial charge >= 0.3 is 0 Å². The lowest BCUT2D eigenvalue weighted by atomic mass is 9.86. The molecule has 26 heavy (non-hydrogen) atoms. The van der Waals surface area contributed by atoms with E-state index >= 15 is 0 Å². The van der Waals surface area contributed by atoms with E-state index < -0.39 is 0 Å². The first kappa shape index (κ1) is 19.2. The number of piperidine rings is 1. The van der Waals surface area contributed by atoms with Crippen molar-refractivity contribution in [2.75, 3.05) is 19.7 Å². The van der Waals surface area contributed by atoms with Crippen molar-refractivity contribution < 1.29 is 9.53 Å². The molecule has 144 valence electrons. The standard InChI is InChI=1S/C21H33N3O2/c1-3-26-21-18(8-5-11-22-21)15-24-12-6-9-17(14-24)20(25)23-19-10-4-7-16(2)13-19/h5,8,11,16-17,19H,3-4,6-7,9-10,12-15H2,1-2H3,(H,23,25). The average Bonchev–Trinajstić information content (AvgIpc) is 2.64. The number of rotatable bonds is 6. The van der Waals surface area contributed by atoms with Crippen LogP contribution in [0.4, 0.5) is 0 Å². The Morgan fingerprint density at radius 2 is 2.23 bits per heavy atom. The third-order valence-corrected chi connectivity index (χ3v) is 5.68. The quantitative estimate of drug-likeness (QED) is 0.846. The predicted molar refractivity (Wildman–Crippen MR) is 103 cm³/mol. The maximum atomic E-state index is 12.8. The summed E-state index contributed by atoms with van der Waals surface area (Å²) in [5, 5.41) is 3.33. The second kappa shape index (κ2) is 9.36. The molecule has 1 saturated heterocycles. The Kier molecular flexibility index (Phi) is 6.89. The van der Waals surface area contributed by atoms with Crippen LogP contribution >= 0.6 is 0 Å². The zero-order chi connectivity index (χ0) is 18.4. The summed E-state index contributed by atoms with van der Waals surface area (Å²) < 4.78 is 5.65. The first-order valence-electron chi connectivity index (χ1n) is 10.2. The van der Waals surface area contributed by atoms with Gasteiger partial charge in [0.05, 0.1) is 12.5 Å². The molecular formula is C21H33N3O2. The second-order valence-electron chi connectivity index (χ2n) is 7.95. The van der Waals surface area contributed by atoms with Gasteiger partial charge in [0.25, 0.3) is 0 Å². The van der Waals surface area contributed by atoms with Crippen LogP contribution in [-0.2, 0) is 11.3 Å². The third-order valence-electron chi connectivity index (χ3n) is 5.68. The van der Waals surface area contributed by atoms with Crippen molar-refractivity contribution in [2.45, 2.75) is 65.0 Å². The number of carbonyl (C=O) groups is 1. The summed E-state index contributed by atoms with van der Waals surface area (Å²) in [6.07, 6.45) is 8.65. The molecule has 1 saturated carbocycles. The number of likely N-dealkylation sites (tertiary alicyclic amines) is 1. The summed E-state index contributed by atoms with van der Waals surface area (Å²) >= 11 is 0. The predicted octanol–water partition coefficient (Wildman–Crippen LogP) is 3.39. The Morgan fingerprint density at radius 3 is 3.04 bits per heavy atom. The van der Waals surface area contributed by atoms with Crippen molar-refractivity contribution in [2.24, 2.45) is 11.8 Å². The number of nitrogens with one attached hydrogen (secondary N) is 1. The van der Waals surface area contributed by atoms with Gasteiger partial charge in [-0.25, -0.2) is 4.98 Å². The topological polar surface area (TPSA) is 54.5 Å². The van der Waals surface area contributed by atoms with E-state index in [9.17, 15) is 4.79 Å². The lowest BCUT2D eigenvalue weighted by Gasteiger charge is -2.34. The first-order chi connectivity index (χ1) is 12.7. The molecule has 3 atom stereocenters. The molecule has 1 aromatic rings. The minimum Gasteiger partial charge on any atom is -0.478 e. The Labute approximate surface area is 157 Å². The summed E-state index contributed by atoms with van der Waals surface area (Å²) in [5.74, 6) is 1.82. The summed E-state index contributed by atoms with van der Waals surface area (Å²) in [5.41, 5.74) is 1.11. The SMILES string of the molecule is CCOc1ncccc1CN1CCCC(C(=O)NC2CCCC(C)C2)C1. The molecule has 1 aliphatic heterocycles. The molecule has 1 N–H and O–H groups in total. The Hall–Kier alpha value is -1.62. The number of nitrogens with zero attached hydrogens (tertiary/aromatic N) is 2. The molecule has 3 unspecified atom stereocenters. The van der Waals surface area contributed by atoms with Crippen molar-refractivity contribution in [1.82, 2.24) is 15.2 Å². The van der Waals surface area contributed by atoms with Crippen LogP contribution in [-0.4, -0.2) is 41.5 Å². The van der Waals surface area contributed by atoms with E-state index in [1.807, 2.05) is 13.0 Å². The number of pyridine rings is 1. The zero-order valence-corrected chi connectivity index (χ0v) is 16.2. The fraction of sp³-hybridized carbons (Fsp3) is 0.714. The van der Waals surface area contributed by atoms with Gasteiger partial charge in [0.15, 0.2) is 0 Å². The molecule has 1 aromatic heterocycles. The minimum atomic E-state index is 0.105. The Morgan fingerprint density at radius 1 is 1.35 bits per heavy atom. The second-order valence-corrected chi connectivity index (χ2v) is 7.95. The maximum absolute atomic E-state index is 12.8. The number of carbonyl (C=O) groups excluding carboxylic acids is 1. The van der Waals surface area contributed by atoms with E-state index in [4.69, 9.17) is 4.74 Å². The molecular weight excluding hydrogens is 326 g/mol. The van der Waals surface area contributed by atoms with Crippen LogP contribution in [0, 0.1) is 11.8 Å². The van der Waals surface area contributed by atoms with Crippen LogP contribution in [0.2, 0.25) is 0 Å². The molecule has 5 nitrogen and oxygen atoms in total. The van der Waals surface area contributed by atoms with Gasteiger partial charge in [0.2, 0.25) is 11.8 Å². The smallest absolute Gasteiger partial charge is 0.224 e. The lowest BCUT2D eigenvalue weighted by Crippen LogP contribution is -2.46. The van der Waals surface area contributed by atoms with Crippen LogP contribution in [0.5, 0.6) is 5.88 Å². The molecule has 0 aromatic carbocycles. The van der Waals surface area contributed by atoms with E-state index in [0.29, 0.717) is 12.6 Å². The van der Waals surface area contributed by atoms with Gasteiger partial charge in [0, 0.05) is 30.9 Å². The molecule has 0 radical (unpaired) electrons. The first-order valence-corrected chi connectivity index (χ1v) is 10.2. The van der Waals surface area contributed by atoms with E-state index in [-0.39, 0.29) is 11.8 Å². The van der Waals surface area contributed by atoms with E-state index in [2.05, 4.69) is 28.2 Å². The van der Waals surface area contributed by atoms with Crippen molar-refractivity contribution >= 4 is 5.91 Å². The molecule has 3 rings (SSSR count). The van der Waals surface area contributed by atoms with Gasteiger partial charge in [-0.3, -0.25) is 9.69 Å². The van der Waals surface area contributed by atoms with E-state index in [1.54, 1.807) is 6.20 Å². The van der Waals surface area contributed by atoms with Crippen molar-refractivity contribution in [1.29, 1.82) is 0 Å². The summed E-state index contributed by atoms with van der Waals surface area (Å²) in [6.45, 7) is 7.55. The molecule has 2 fully saturated rings. The largest absolute Gasteiger partial charge is 0.478 e. The van der Waals surface area contributed by atoms with Crippen molar-refractivity contribution in [3.05, 3.63) is 23.9 Å². The van der Waals surface area contributed by atoms with Crippen molar-refractivity contribution in [3.63, 3.8) is 0 Å². The lowest BCUT2D eigenvalue weighted by molar-refractivity contribution is -0.127. The molecule has 2 aliphatic rings. The van der Waals surface area contributed by atoms with Gasteiger partial charge in [-0.1, -0.05) is 25.8 Å². The monoisotopic (exact) mass is 359 g/mol. The Balaban J connectivity index is 1.54. The highest BCUT2D eigenvalue weighted by molar-refractivity contribution is 5.79. The average molecular weight is 360 g/mol. The van der Waals surface area contributed by atoms with Crippen molar-refractivity contribution in [3.8, 4) is 5.88 Å². The van der Waals surface area contributed by atoms with E-state index in [1.165, 1.54) is 12.8 Å². The summed E-state index contributed by atoms with van der Waals surface area (Å²) in [7, 11) is 0. The number of hydrogen-bond donors (Lipinski definition) is 1.